The molecule has 3 rings (SSSR count). The molecule has 1 aromatic carbocycles. The molecular weight excluding hydrogens is 425 g/mol. The Balaban J connectivity index is 0.00000225. The van der Waals surface area contributed by atoms with Crippen molar-refractivity contribution >= 4 is 36.0 Å². The van der Waals surface area contributed by atoms with Crippen LogP contribution in [0.2, 0.25) is 0 Å². The standard InChI is InChI=1S/C20H29N3O.HI/c1-21-20(22-11-14-24-16-19-7-8-19)23-12-9-18(10-13-23)15-17-5-3-2-4-6-17;/h2-6,15,19H,7-14,16H2,1H3,(H,21,22);1H. The summed E-state index contributed by atoms with van der Waals surface area (Å²) in [7, 11) is 1.86. The Morgan fingerprint density at radius 1 is 1.24 bits per heavy atom. The van der Waals surface area contributed by atoms with E-state index in [1.807, 2.05) is 7.05 Å². The van der Waals surface area contributed by atoms with Crippen LogP contribution in [0.25, 0.3) is 6.08 Å². The predicted molar refractivity (Wildman–Crippen MR) is 116 cm³/mol. The summed E-state index contributed by atoms with van der Waals surface area (Å²) in [4.78, 5) is 6.77. The van der Waals surface area contributed by atoms with Gasteiger partial charge in [0, 0.05) is 33.3 Å². The predicted octanol–water partition coefficient (Wildman–Crippen LogP) is 3.79. The highest BCUT2D eigenvalue weighted by atomic mass is 127. The van der Waals surface area contributed by atoms with Crippen LogP contribution in [0.3, 0.4) is 0 Å². The number of ether oxygens (including phenoxy) is 1. The van der Waals surface area contributed by atoms with Gasteiger partial charge in [-0.25, -0.2) is 0 Å². The average molecular weight is 455 g/mol. The van der Waals surface area contributed by atoms with E-state index in [4.69, 9.17) is 4.74 Å². The summed E-state index contributed by atoms with van der Waals surface area (Å²) in [6, 6.07) is 10.6. The van der Waals surface area contributed by atoms with Gasteiger partial charge in [-0.2, -0.15) is 0 Å². The molecule has 1 saturated heterocycles. The Hall–Kier alpha value is -1.08. The maximum atomic E-state index is 5.68. The molecule has 0 bridgehead atoms. The Morgan fingerprint density at radius 2 is 1.96 bits per heavy atom. The minimum Gasteiger partial charge on any atom is -0.379 e. The number of likely N-dealkylation sites (tertiary alicyclic amines) is 1. The summed E-state index contributed by atoms with van der Waals surface area (Å²) in [6.07, 6.45) is 7.24. The molecule has 2 fully saturated rings. The van der Waals surface area contributed by atoms with Gasteiger partial charge in [0.15, 0.2) is 5.96 Å². The summed E-state index contributed by atoms with van der Waals surface area (Å²) in [5.74, 6) is 1.84. The number of nitrogens with one attached hydrogen (secondary N) is 1. The molecule has 1 aromatic rings. The molecule has 1 aliphatic heterocycles. The van der Waals surface area contributed by atoms with E-state index >= 15 is 0 Å². The van der Waals surface area contributed by atoms with E-state index in [-0.39, 0.29) is 24.0 Å². The molecule has 4 nitrogen and oxygen atoms in total. The fourth-order valence-electron chi connectivity index (χ4n) is 3.04. The average Bonchev–Trinajstić information content (AvgIpc) is 3.44. The number of rotatable bonds is 6. The molecule has 0 radical (unpaired) electrons. The van der Waals surface area contributed by atoms with E-state index in [0.29, 0.717) is 0 Å². The molecule has 1 heterocycles. The lowest BCUT2D eigenvalue weighted by Crippen LogP contribution is -2.45. The second kappa shape index (κ2) is 10.8. The smallest absolute Gasteiger partial charge is 0.193 e. The van der Waals surface area contributed by atoms with Crippen LogP contribution in [-0.2, 0) is 4.74 Å². The third-order valence-corrected chi connectivity index (χ3v) is 4.67. The minimum atomic E-state index is 0. The molecule has 0 amide bonds. The van der Waals surface area contributed by atoms with E-state index < -0.39 is 0 Å². The van der Waals surface area contributed by atoms with E-state index in [2.05, 4.69) is 51.6 Å². The fourth-order valence-corrected chi connectivity index (χ4v) is 3.04. The third kappa shape index (κ3) is 6.98. The largest absolute Gasteiger partial charge is 0.379 e. The Morgan fingerprint density at radius 3 is 2.60 bits per heavy atom. The van der Waals surface area contributed by atoms with Gasteiger partial charge in [-0.1, -0.05) is 42.0 Å². The first-order valence-corrected chi connectivity index (χ1v) is 9.13. The lowest BCUT2D eigenvalue weighted by molar-refractivity contribution is 0.128. The van der Waals surface area contributed by atoms with Crippen LogP contribution in [0.5, 0.6) is 0 Å². The molecule has 1 saturated carbocycles. The lowest BCUT2D eigenvalue weighted by atomic mass is 10.0. The van der Waals surface area contributed by atoms with Crippen molar-refractivity contribution in [3.63, 3.8) is 0 Å². The Bertz CT molecular complexity index is 560. The number of halogens is 1. The van der Waals surface area contributed by atoms with Crippen LogP contribution < -0.4 is 5.32 Å². The van der Waals surface area contributed by atoms with Crippen LogP contribution in [-0.4, -0.2) is 50.8 Å². The first kappa shape index (κ1) is 20.2. The molecule has 1 aliphatic carbocycles. The highest BCUT2D eigenvalue weighted by Gasteiger charge is 2.21. The molecule has 0 aromatic heterocycles. The Labute approximate surface area is 168 Å². The maximum Gasteiger partial charge on any atom is 0.193 e. The van der Waals surface area contributed by atoms with E-state index in [1.54, 1.807) is 0 Å². The first-order chi connectivity index (χ1) is 11.8. The summed E-state index contributed by atoms with van der Waals surface area (Å²) in [6.45, 7) is 4.59. The molecule has 2 aliphatic rings. The van der Waals surface area contributed by atoms with Crippen molar-refractivity contribution in [1.82, 2.24) is 10.2 Å². The van der Waals surface area contributed by atoms with Crippen LogP contribution in [0.15, 0.2) is 40.9 Å². The Kier molecular flexibility index (Phi) is 8.75. The van der Waals surface area contributed by atoms with Gasteiger partial charge >= 0.3 is 0 Å². The van der Waals surface area contributed by atoms with Gasteiger partial charge in [0.25, 0.3) is 0 Å². The van der Waals surface area contributed by atoms with Crippen molar-refractivity contribution < 1.29 is 4.74 Å². The zero-order chi connectivity index (χ0) is 16.6. The lowest BCUT2D eigenvalue weighted by Gasteiger charge is -2.31. The third-order valence-electron chi connectivity index (χ3n) is 4.67. The number of hydrogen-bond acceptors (Lipinski definition) is 2. The zero-order valence-corrected chi connectivity index (χ0v) is 17.4. The van der Waals surface area contributed by atoms with E-state index in [1.165, 1.54) is 24.0 Å². The van der Waals surface area contributed by atoms with Crippen molar-refractivity contribution in [1.29, 1.82) is 0 Å². The SMILES string of the molecule is CN=C(NCCOCC1CC1)N1CCC(=Cc2ccccc2)CC1.I. The molecule has 1 N–H and O–H groups in total. The molecule has 25 heavy (non-hydrogen) atoms. The van der Waals surface area contributed by atoms with Gasteiger partial charge in [-0.05, 0) is 37.2 Å². The quantitative estimate of drug-likeness (QED) is 0.307. The summed E-state index contributed by atoms with van der Waals surface area (Å²) >= 11 is 0. The monoisotopic (exact) mass is 455 g/mol. The normalized spacial score (nSPS) is 17.9. The minimum absolute atomic E-state index is 0. The molecule has 5 heteroatoms. The first-order valence-electron chi connectivity index (χ1n) is 9.13. The number of hydrogen-bond donors (Lipinski definition) is 1. The van der Waals surface area contributed by atoms with Gasteiger partial charge in [0.2, 0.25) is 0 Å². The second-order valence-corrected chi connectivity index (χ2v) is 6.69. The fraction of sp³-hybridized carbons (Fsp3) is 0.550. The molecule has 138 valence electrons. The highest BCUT2D eigenvalue weighted by molar-refractivity contribution is 14.0. The van der Waals surface area contributed by atoms with Crippen molar-refractivity contribution in [3.05, 3.63) is 41.5 Å². The molecule has 0 unspecified atom stereocenters. The summed E-state index contributed by atoms with van der Waals surface area (Å²) in [5, 5.41) is 3.43. The number of aliphatic imine (C=N–C) groups is 1. The van der Waals surface area contributed by atoms with Crippen molar-refractivity contribution in [3.8, 4) is 0 Å². The molecule has 0 spiro atoms. The van der Waals surface area contributed by atoms with Crippen LogP contribution >= 0.6 is 24.0 Å². The van der Waals surface area contributed by atoms with Crippen LogP contribution in [0.1, 0.15) is 31.2 Å². The number of guanidine groups is 1. The number of nitrogens with zero attached hydrogens (tertiary/aromatic N) is 2. The number of benzene rings is 1. The number of piperidine rings is 1. The topological polar surface area (TPSA) is 36.9 Å². The van der Waals surface area contributed by atoms with Crippen molar-refractivity contribution in [2.75, 3.05) is 39.9 Å². The van der Waals surface area contributed by atoms with Gasteiger partial charge in [0.05, 0.1) is 6.61 Å². The van der Waals surface area contributed by atoms with E-state index in [9.17, 15) is 0 Å². The summed E-state index contributed by atoms with van der Waals surface area (Å²) in [5.41, 5.74) is 2.83. The van der Waals surface area contributed by atoms with Gasteiger partial charge in [-0.15, -0.1) is 24.0 Å². The van der Waals surface area contributed by atoms with Gasteiger partial charge in [-0.3, -0.25) is 4.99 Å². The molecular formula is C20H30IN3O. The molecule has 0 atom stereocenters. The van der Waals surface area contributed by atoms with Crippen molar-refractivity contribution in [2.24, 2.45) is 10.9 Å². The van der Waals surface area contributed by atoms with Gasteiger partial charge in [0.1, 0.15) is 0 Å². The van der Waals surface area contributed by atoms with Crippen molar-refractivity contribution in [2.45, 2.75) is 25.7 Å². The highest BCUT2D eigenvalue weighted by Crippen LogP contribution is 2.28. The zero-order valence-electron chi connectivity index (χ0n) is 15.1. The van der Waals surface area contributed by atoms with E-state index in [0.717, 1.165) is 57.6 Å². The van der Waals surface area contributed by atoms with Crippen LogP contribution in [0.4, 0.5) is 0 Å². The van der Waals surface area contributed by atoms with Gasteiger partial charge < -0.3 is 15.0 Å². The second-order valence-electron chi connectivity index (χ2n) is 6.69. The van der Waals surface area contributed by atoms with Crippen LogP contribution in [0, 0.1) is 5.92 Å². The summed E-state index contributed by atoms with van der Waals surface area (Å²) < 4.78 is 5.68. The maximum absolute atomic E-state index is 5.68.